The SMILES string of the molecule is C=CCC(C)(C(=O)O)c1c(F)cccc1Br. The highest BCUT2D eigenvalue weighted by atomic mass is 79.9. The van der Waals surface area contributed by atoms with Crippen LogP contribution in [0, 0.1) is 5.82 Å². The normalized spacial score (nSPS) is 14.2. The zero-order valence-electron chi connectivity index (χ0n) is 8.84. The van der Waals surface area contributed by atoms with E-state index in [4.69, 9.17) is 0 Å². The molecular formula is C12H12BrFO2. The van der Waals surface area contributed by atoms with Crippen molar-refractivity contribution in [3.8, 4) is 0 Å². The molecular weight excluding hydrogens is 275 g/mol. The summed E-state index contributed by atoms with van der Waals surface area (Å²) in [6.45, 7) is 5.00. The summed E-state index contributed by atoms with van der Waals surface area (Å²) in [5.74, 6) is -1.60. The molecule has 1 aromatic carbocycles. The molecule has 0 radical (unpaired) electrons. The molecule has 0 aliphatic heterocycles. The van der Waals surface area contributed by atoms with Crippen LogP contribution in [0.4, 0.5) is 4.39 Å². The highest BCUT2D eigenvalue weighted by Gasteiger charge is 2.37. The van der Waals surface area contributed by atoms with E-state index in [0.717, 1.165) is 0 Å². The number of hydrogen-bond donors (Lipinski definition) is 1. The van der Waals surface area contributed by atoms with Gasteiger partial charge in [-0.1, -0.05) is 28.1 Å². The molecule has 1 atom stereocenters. The van der Waals surface area contributed by atoms with Gasteiger partial charge in [0.15, 0.2) is 0 Å². The lowest BCUT2D eigenvalue weighted by Gasteiger charge is -2.25. The molecule has 4 heteroatoms. The number of rotatable bonds is 4. The van der Waals surface area contributed by atoms with Crippen molar-refractivity contribution in [3.63, 3.8) is 0 Å². The molecule has 16 heavy (non-hydrogen) atoms. The molecule has 0 heterocycles. The van der Waals surface area contributed by atoms with E-state index in [1.54, 1.807) is 6.07 Å². The van der Waals surface area contributed by atoms with E-state index in [1.165, 1.54) is 25.1 Å². The lowest BCUT2D eigenvalue weighted by molar-refractivity contribution is -0.143. The maximum atomic E-state index is 13.7. The van der Waals surface area contributed by atoms with E-state index in [2.05, 4.69) is 22.5 Å². The Hall–Kier alpha value is -1.16. The van der Waals surface area contributed by atoms with Gasteiger partial charge in [-0.15, -0.1) is 6.58 Å². The Morgan fingerprint density at radius 1 is 1.69 bits per heavy atom. The molecule has 2 nitrogen and oxygen atoms in total. The molecule has 86 valence electrons. The zero-order valence-corrected chi connectivity index (χ0v) is 10.4. The van der Waals surface area contributed by atoms with Crippen molar-refractivity contribution in [2.45, 2.75) is 18.8 Å². The first kappa shape index (κ1) is 12.9. The van der Waals surface area contributed by atoms with E-state index in [0.29, 0.717) is 4.47 Å². The van der Waals surface area contributed by atoms with Gasteiger partial charge in [-0.3, -0.25) is 4.79 Å². The Labute approximate surface area is 102 Å². The Morgan fingerprint density at radius 2 is 2.31 bits per heavy atom. The van der Waals surface area contributed by atoms with Crippen molar-refractivity contribution in [3.05, 3.63) is 46.7 Å². The quantitative estimate of drug-likeness (QED) is 0.860. The van der Waals surface area contributed by atoms with Gasteiger partial charge in [-0.05, 0) is 25.5 Å². The van der Waals surface area contributed by atoms with E-state index in [9.17, 15) is 14.3 Å². The predicted octanol–water partition coefficient (Wildman–Crippen LogP) is 3.51. The number of halogens is 2. The largest absolute Gasteiger partial charge is 0.481 e. The van der Waals surface area contributed by atoms with Crippen LogP contribution in [0.2, 0.25) is 0 Å². The summed E-state index contributed by atoms with van der Waals surface area (Å²) in [4.78, 5) is 11.3. The molecule has 1 unspecified atom stereocenters. The number of carboxylic acid groups (broad SMARTS) is 1. The minimum atomic E-state index is -1.30. The Bertz CT molecular complexity index is 411. The van der Waals surface area contributed by atoms with Crippen LogP contribution >= 0.6 is 15.9 Å². The van der Waals surface area contributed by atoms with Gasteiger partial charge in [-0.2, -0.15) is 0 Å². The Morgan fingerprint density at radius 3 is 2.75 bits per heavy atom. The average Bonchev–Trinajstić information content (AvgIpc) is 2.17. The van der Waals surface area contributed by atoms with Gasteiger partial charge in [-0.25, -0.2) is 4.39 Å². The predicted molar refractivity (Wildman–Crippen MR) is 63.9 cm³/mol. The number of benzene rings is 1. The summed E-state index contributed by atoms with van der Waals surface area (Å²) in [6.07, 6.45) is 1.65. The standard InChI is InChI=1S/C12H12BrFO2/c1-3-7-12(2,11(15)16)10-8(13)5-4-6-9(10)14/h3-6H,1,7H2,2H3,(H,15,16). The van der Waals surface area contributed by atoms with Crippen molar-refractivity contribution in [2.75, 3.05) is 0 Å². The van der Waals surface area contributed by atoms with Gasteiger partial charge >= 0.3 is 5.97 Å². The van der Waals surface area contributed by atoms with Crippen LogP contribution in [-0.2, 0) is 10.2 Å². The van der Waals surface area contributed by atoms with Gasteiger partial charge in [0.2, 0.25) is 0 Å². The van der Waals surface area contributed by atoms with Crippen LogP contribution in [0.3, 0.4) is 0 Å². The summed E-state index contributed by atoms with van der Waals surface area (Å²) in [5, 5.41) is 9.23. The maximum absolute atomic E-state index is 13.7. The highest BCUT2D eigenvalue weighted by molar-refractivity contribution is 9.10. The molecule has 0 bridgehead atoms. The summed E-state index contributed by atoms with van der Waals surface area (Å²) in [5.41, 5.74) is -1.14. The fraction of sp³-hybridized carbons (Fsp3) is 0.250. The summed E-state index contributed by atoms with van der Waals surface area (Å²) in [6, 6.07) is 4.41. The van der Waals surface area contributed by atoms with Crippen LogP contribution in [0.15, 0.2) is 35.3 Å². The third-order valence-electron chi connectivity index (χ3n) is 2.54. The van der Waals surface area contributed by atoms with Crippen molar-refractivity contribution < 1.29 is 14.3 Å². The second-order valence-electron chi connectivity index (χ2n) is 3.73. The minimum Gasteiger partial charge on any atom is -0.481 e. The molecule has 1 rings (SSSR count). The molecule has 0 aliphatic rings. The zero-order chi connectivity index (χ0) is 12.3. The van der Waals surface area contributed by atoms with Gasteiger partial charge < -0.3 is 5.11 Å². The topological polar surface area (TPSA) is 37.3 Å². The summed E-state index contributed by atoms with van der Waals surface area (Å²) >= 11 is 3.18. The lowest BCUT2D eigenvalue weighted by Crippen LogP contribution is -2.33. The smallest absolute Gasteiger partial charge is 0.314 e. The maximum Gasteiger partial charge on any atom is 0.314 e. The van der Waals surface area contributed by atoms with Gasteiger partial charge in [0.05, 0.1) is 5.41 Å². The first-order valence-electron chi connectivity index (χ1n) is 4.72. The molecule has 0 saturated carbocycles. The van der Waals surface area contributed by atoms with E-state index < -0.39 is 17.2 Å². The van der Waals surface area contributed by atoms with Crippen molar-refractivity contribution >= 4 is 21.9 Å². The third kappa shape index (κ3) is 2.16. The van der Waals surface area contributed by atoms with Gasteiger partial charge in [0.1, 0.15) is 5.82 Å². The Balaban J connectivity index is 3.42. The van der Waals surface area contributed by atoms with Gasteiger partial charge in [0.25, 0.3) is 0 Å². The van der Waals surface area contributed by atoms with Crippen LogP contribution in [0.25, 0.3) is 0 Å². The Kier molecular flexibility index (Phi) is 3.86. The number of allylic oxidation sites excluding steroid dienone is 1. The van der Waals surface area contributed by atoms with Gasteiger partial charge in [0, 0.05) is 10.0 Å². The van der Waals surface area contributed by atoms with Crippen LogP contribution < -0.4 is 0 Å². The molecule has 0 saturated heterocycles. The first-order chi connectivity index (χ1) is 7.43. The average molecular weight is 287 g/mol. The number of carboxylic acids is 1. The molecule has 0 spiro atoms. The highest BCUT2D eigenvalue weighted by Crippen LogP contribution is 2.35. The number of carbonyl (C=O) groups is 1. The van der Waals surface area contributed by atoms with Crippen LogP contribution in [-0.4, -0.2) is 11.1 Å². The summed E-state index contributed by atoms with van der Waals surface area (Å²) in [7, 11) is 0. The minimum absolute atomic E-state index is 0.155. The van der Waals surface area contributed by atoms with Crippen LogP contribution in [0.5, 0.6) is 0 Å². The number of hydrogen-bond acceptors (Lipinski definition) is 1. The van der Waals surface area contributed by atoms with E-state index >= 15 is 0 Å². The second-order valence-corrected chi connectivity index (χ2v) is 4.58. The molecule has 0 aliphatic carbocycles. The van der Waals surface area contributed by atoms with E-state index in [-0.39, 0.29) is 12.0 Å². The number of aliphatic carboxylic acids is 1. The van der Waals surface area contributed by atoms with Crippen LogP contribution in [0.1, 0.15) is 18.9 Å². The van der Waals surface area contributed by atoms with Crippen molar-refractivity contribution in [1.29, 1.82) is 0 Å². The second kappa shape index (κ2) is 4.78. The lowest BCUT2D eigenvalue weighted by atomic mass is 9.79. The fourth-order valence-corrected chi connectivity index (χ4v) is 2.39. The van der Waals surface area contributed by atoms with E-state index in [1.807, 2.05) is 0 Å². The van der Waals surface area contributed by atoms with Crippen molar-refractivity contribution in [2.24, 2.45) is 0 Å². The van der Waals surface area contributed by atoms with Crippen molar-refractivity contribution in [1.82, 2.24) is 0 Å². The molecule has 1 aromatic rings. The molecule has 0 fully saturated rings. The summed E-state index contributed by atoms with van der Waals surface area (Å²) < 4.78 is 14.2. The third-order valence-corrected chi connectivity index (χ3v) is 3.20. The fourth-order valence-electron chi connectivity index (χ4n) is 1.61. The molecule has 0 amide bonds. The molecule has 0 aromatic heterocycles. The monoisotopic (exact) mass is 286 g/mol. The first-order valence-corrected chi connectivity index (χ1v) is 5.51. The molecule has 1 N–H and O–H groups in total.